The Kier molecular flexibility index (Phi) is 7.55. The number of anilines is 6. The van der Waals surface area contributed by atoms with Crippen LogP contribution in [0.1, 0.15) is 78.0 Å². The molecular weight excluding hydrogens is 687 g/mol. The molecule has 10 rings (SSSR count). The van der Waals surface area contributed by atoms with Gasteiger partial charge in [-0.05, 0) is 111 Å². The van der Waals surface area contributed by atoms with Crippen molar-refractivity contribution in [2.24, 2.45) is 0 Å². The Morgan fingerprint density at radius 2 is 1.16 bits per heavy atom. The average Bonchev–Trinajstić information content (AvgIpc) is 3.55. The lowest BCUT2D eigenvalue weighted by Gasteiger charge is -2.44. The number of hydrogen-bond donors (Lipinski definition) is 0. The lowest BCUT2D eigenvalue weighted by Crippen LogP contribution is -2.60. The number of fused-ring (bicyclic) bond motifs is 7. The van der Waals surface area contributed by atoms with E-state index in [1.54, 1.807) is 0 Å². The SMILES string of the molecule is CC(C)(C)c1ccc2c(c1)N(c1ccccc1)c1cc(Oc3ccccc3)cc3c1B2c1sc2cc4c(cc2c1N3c1ccccc1)C(C)(C)CCC4(C)C. The van der Waals surface area contributed by atoms with Crippen LogP contribution in [0.25, 0.3) is 10.1 Å². The molecule has 3 nitrogen and oxygen atoms in total. The minimum atomic E-state index is -0.0147. The van der Waals surface area contributed by atoms with Crippen molar-refractivity contribution in [1.82, 2.24) is 0 Å². The molecule has 272 valence electrons. The van der Waals surface area contributed by atoms with Crippen molar-refractivity contribution < 1.29 is 4.74 Å². The summed E-state index contributed by atoms with van der Waals surface area (Å²) in [7, 11) is 0. The molecule has 3 heterocycles. The predicted molar refractivity (Wildman–Crippen MR) is 236 cm³/mol. The summed E-state index contributed by atoms with van der Waals surface area (Å²) < 4.78 is 9.58. The van der Waals surface area contributed by atoms with Crippen molar-refractivity contribution in [2.75, 3.05) is 9.80 Å². The van der Waals surface area contributed by atoms with E-state index in [2.05, 4.69) is 161 Å². The van der Waals surface area contributed by atoms with Crippen molar-refractivity contribution in [1.29, 1.82) is 0 Å². The number of nitrogens with zero attached hydrogens (tertiary/aromatic N) is 2. The molecule has 7 aromatic rings. The second-order valence-electron chi connectivity index (χ2n) is 18.1. The standard InChI is InChI=1S/C50H47BN2OS/c1-48(2,3)32-23-24-40-41(27-32)52(33-17-11-8-12-18-33)42-28-36(54-35-21-15-10-16-22-35)29-43-45(42)51(40)47-46(53(43)34-19-13-9-14-20-34)37-30-38-39(31-44(37)55-47)50(6,7)26-25-49(38,4)5/h8-24,27-31H,25-26H2,1-7H3. The molecule has 0 amide bonds. The van der Waals surface area contributed by atoms with E-state index in [9.17, 15) is 0 Å². The third-order valence-electron chi connectivity index (χ3n) is 12.5. The van der Waals surface area contributed by atoms with Crippen LogP contribution in [0.3, 0.4) is 0 Å². The first kappa shape index (κ1) is 34.3. The molecule has 0 N–H and O–H groups in total. The van der Waals surface area contributed by atoms with E-state index in [0.29, 0.717) is 0 Å². The molecule has 0 radical (unpaired) electrons. The van der Waals surface area contributed by atoms with Crippen molar-refractivity contribution in [3.8, 4) is 11.5 Å². The lowest BCUT2D eigenvalue weighted by molar-refractivity contribution is 0.332. The predicted octanol–water partition coefficient (Wildman–Crippen LogP) is 12.4. The highest BCUT2D eigenvalue weighted by atomic mass is 32.1. The molecular formula is C50H47BN2OS. The fraction of sp³-hybridized carbons (Fsp3) is 0.240. The topological polar surface area (TPSA) is 15.7 Å². The number of ether oxygens (including phenoxy) is 1. The average molecular weight is 735 g/mol. The highest BCUT2D eigenvalue weighted by Gasteiger charge is 2.47. The zero-order valence-corrected chi connectivity index (χ0v) is 33.7. The molecule has 1 aromatic heterocycles. The molecule has 0 atom stereocenters. The normalized spacial score (nSPS) is 16.3. The van der Waals surface area contributed by atoms with E-state index in [-0.39, 0.29) is 23.0 Å². The van der Waals surface area contributed by atoms with Gasteiger partial charge in [0.1, 0.15) is 11.5 Å². The van der Waals surface area contributed by atoms with E-state index in [0.717, 1.165) is 34.2 Å². The summed E-state index contributed by atoms with van der Waals surface area (Å²) in [5, 5.41) is 1.34. The van der Waals surface area contributed by atoms with Crippen LogP contribution in [0.15, 0.2) is 133 Å². The van der Waals surface area contributed by atoms with Crippen LogP contribution in [0.4, 0.5) is 34.1 Å². The monoisotopic (exact) mass is 734 g/mol. The van der Waals surface area contributed by atoms with Gasteiger partial charge in [0.25, 0.3) is 6.71 Å². The zero-order valence-electron chi connectivity index (χ0n) is 32.9. The minimum Gasteiger partial charge on any atom is -0.457 e. The van der Waals surface area contributed by atoms with Gasteiger partial charge in [0, 0.05) is 55.4 Å². The van der Waals surface area contributed by atoms with Crippen LogP contribution in [0, 0.1) is 0 Å². The number of benzene rings is 6. The van der Waals surface area contributed by atoms with Crippen molar-refractivity contribution in [2.45, 2.75) is 77.6 Å². The Bertz CT molecular complexity index is 2620. The van der Waals surface area contributed by atoms with Gasteiger partial charge in [-0.25, -0.2) is 0 Å². The fourth-order valence-corrected chi connectivity index (χ4v) is 10.7. The fourth-order valence-electron chi connectivity index (χ4n) is 9.36. The zero-order chi connectivity index (χ0) is 37.9. The Morgan fingerprint density at radius 1 is 0.600 bits per heavy atom. The first-order valence-electron chi connectivity index (χ1n) is 19.8. The highest BCUT2D eigenvalue weighted by Crippen LogP contribution is 2.53. The van der Waals surface area contributed by atoms with Crippen LogP contribution in [-0.4, -0.2) is 6.71 Å². The Hall–Kier alpha value is -5.26. The number of thiophene rings is 1. The third-order valence-corrected chi connectivity index (χ3v) is 13.7. The lowest BCUT2D eigenvalue weighted by atomic mass is 9.36. The van der Waals surface area contributed by atoms with E-state index in [4.69, 9.17) is 4.74 Å². The van der Waals surface area contributed by atoms with Gasteiger partial charge in [-0.1, -0.05) is 115 Å². The van der Waals surface area contributed by atoms with Crippen LogP contribution >= 0.6 is 11.3 Å². The first-order chi connectivity index (χ1) is 26.4. The summed E-state index contributed by atoms with van der Waals surface area (Å²) in [6, 6.07) is 49.0. The number of para-hydroxylation sites is 3. The molecule has 0 unspecified atom stereocenters. The van der Waals surface area contributed by atoms with Crippen molar-refractivity contribution in [3.05, 3.63) is 150 Å². The van der Waals surface area contributed by atoms with Crippen LogP contribution in [0.5, 0.6) is 11.5 Å². The van der Waals surface area contributed by atoms with Gasteiger partial charge in [0.05, 0.1) is 5.69 Å². The molecule has 0 fully saturated rings. The summed E-state index contributed by atoms with van der Waals surface area (Å²) in [4.78, 5) is 5.04. The molecule has 1 aliphatic carbocycles. The minimum absolute atomic E-state index is 0.0147. The maximum Gasteiger partial charge on any atom is 0.264 e. The van der Waals surface area contributed by atoms with Crippen LogP contribution in [-0.2, 0) is 16.2 Å². The molecule has 0 saturated carbocycles. The molecule has 0 spiro atoms. The van der Waals surface area contributed by atoms with E-state index >= 15 is 0 Å². The smallest absolute Gasteiger partial charge is 0.264 e. The largest absolute Gasteiger partial charge is 0.457 e. The Balaban J connectivity index is 1.34. The van der Waals surface area contributed by atoms with Gasteiger partial charge in [-0.3, -0.25) is 0 Å². The quantitative estimate of drug-likeness (QED) is 0.167. The highest BCUT2D eigenvalue weighted by molar-refractivity contribution is 7.33. The van der Waals surface area contributed by atoms with Crippen molar-refractivity contribution in [3.63, 3.8) is 0 Å². The molecule has 6 aromatic carbocycles. The van der Waals surface area contributed by atoms with Crippen LogP contribution < -0.4 is 30.2 Å². The van der Waals surface area contributed by atoms with Gasteiger partial charge >= 0.3 is 0 Å². The maximum atomic E-state index is 6.81. The third kappa shape index (κ3) is 5.38. The molecule has 3 aliphatic rings. The molecule has 55 heavy (non-hydrogen) atoms. The maximum absolute atomic E-state index is 6.81. The van der Waals surface area contributed by atoms with Gasteiger partial charge in [0.15, 0.2) is 0 Å². The Morgan fingerprint density at radius 3 is 1.78 bits per heavy atom. The number of rotatable bonds is 4. The Labute approximate surface area is 330 Å². The second-order valence-corrected chi connectivity index (χ2v) is 19.1. The summed E-state index contributed by atoms with van der Waals surface area (Å²) in [6.45, 7) is 16.8. The summed E-state index contributed by atoms with van der Waals surface area (Å²) >= 11 is 2.00. The molecule has 0 saturated heterocycles. The second kappa shape index (κ2) is 12.1. The van der Waals surface area contributed by atoms with Gasteiger partial charge < -0.3 is 14.5 Å². The molecule has 0 bridgehead atoms. The van der Waals surface area contributed by atoms with Gasteiger partial charge in [-0.15, -0.1) is 11.3 Å². The first-order valence-corrected chi connectivity index (χ1v) is 20.6. The summed E-state index contributed by atoms with van der Waals surface area (Å²) in [6.07, 6.45) is 2.38. The summed E-state index contributed by atoms with van der Waals surface area (Å²) in [5.74, 6) is 1.64. The van der Waals surface area contributed by atoms with E-state index < -0.39 is 0 Å². The van der Waals surface area contributed by atoms with Gasteiger partial charge in [0.2, 0.25) is 0 Å². The van der Waals surface area contributed by atoms with Crippen LogP contribution in [0.2, 0.25) is 0 Å². The van der Waals surface area contributed by atoms with E-state index in [1.165, 1.54) is 66.7 Å². The van der Waals surface area contributed by atoms with Gasteiger partial charge in [-0.2, -0.15) is 0 Å². The molecule has 2 aliphatic heterocycles. The summed E-state index contributed by atoms with van der Waals surface area (Å²) in [5.41, 5.74) is 14.3. The van der Waals surface area contributed by atoms with Crippen molar-refractivity contribution >= 4 is 78.0 Å². The number of hydrogen-bond acceptors (Lipinski definition) is 4. The molecule has 5 heteroatoms. The van der Waals surface area contributed by atoms with E-state index in [1.807, 2.05) is 41.7 Å².